The molecule has 2 aliphatic rings. The minimum Gasteiger partial charge on any atom is -0.462 e. The number of allylic oxidation sites excluding steroid dienone is 2. The van der Waals surface area contributed by atoms with Gasteiger partial charge in [0.25, 0.3) is 0 Å². The van der Waals surface area contributed by atoms with Gasteiger partial charge in [-0.3, -0.25) is 9.59 Å². The second kappa shape index (κ2) is 6.25. The van der Waals surface area contributed by atoms with Crippen LogP contribution >= 0.6 is 0 Å². The van der Waals surface area contributed by atoms with Crippen LogP contribution in [0.2, 0.25) is 0 Å². The van der Waals surface area contributed by atoms with Gasteiger partial charge in [0.05, 0.1) is 6.42 Å². The highest BCUT2D eigenvalue weighted by atomic mass is 16.5. The first kappa shape index (κ1) is 14.1. The second-order valence-corrected chi connectivity index (χ2v) is 5.95. The third-order valence-corrected chi connectivity index (χ3v) is 4.53. The van der Waals surface area contributed by atoms with Crippen molar-refractivity contribution < 1.29 is 14.3 Å². The van der Waals surface area contributed by atoms with Crippen molar-refractivity contribution in [1.82, 2.24) is 0 Å². The van der Waals surface area contributed by atoms with Gasteiger partial charge in [0, 0.05) is 12.3 Å². The lowest BCUT2D eigenvalue weighted by atomic mass is 9.92. The van der Waals surface area contributed by atoms with Crippen LogP contribution < -0.4 is 0 Å². The molecule has 1 aliphatic carbocycles. The molecule has 2 fully saturated rings. The molecule has 1 aliphatic heterocycles. The first-order valence-electron chi connectivity index (χ1n) is 7.67. The highest BCUT2D eigenvalue weighted by Crippen LogP contribution is 2.41. The van der Waals surface area contributed by atoms with E-state index in [2.05, 4.69) is 0 Å². The summed E-state index contributed by atoms with van der Waals surface area (Å²) in [6.45, 7) is 0. The summed E-state index contributed by atoms with van der Waals surface area (Å²) in [7, 11) is 0. The fourth-order valence-electron chi connectivity index (χ4n) is 3.36. The normalized spacial score (nSPS) is 27.8. The summed E-state index contributed by atoms with van der Waals surface area (Å²) < 4.78 is 5.27. The Kier molecular flexibility index (Phi) is 4.18. The van der Waals surface area contributed by atoms with E-state index in [1.54, 1.807) is 6.08 Å². The van der Waals surface area contributed by atoms with Crippen LogP contribution in [0.4, 0.5) is 0 Å². The van der Waals surface area contributed by atoms with Gasteiger partial charge in [0.15, 0.2) is 5.78 Å². The van der Waals surface area contributed by atoms with Crippen molar-refractivity contribution in [2.75, 3.05) is 0 Å². The molecule has 1 aromatic rings. The van der Waals surface area contributed by atoms with E-state index >= 15 is 0 Å². The van der Waals surface area contributed by atoms with Crippen molar-refractivity contribution in [3.63, 3.8) is 0 Å². The number of hydrogen-bond acceptors (Lipinski definition) is 3. The summed E-state index contributed by atoms with van der Waals surface area (Å²) >= 11 is 0. The fraction of sp³-hybridized carbons (Fsp3) is 0.444. The topological polar surface area (TPSA) is 43.4 Å². The van der Waals surface area contributed by atoms with Gasteiger partial charge in [0.1, 0.15) is 6.10 Å². The van der Waals surface area contributed by atoms with E-state index in [0.29, 0.717) is 18.8 Å². The van der Waals surface area contributed by atoms with Crippen molar-refractivity contribution >= 4 is 11.8 Å². The number of aryl methyl sites for hydroxylation is 1. The van der Waals surface area contributed by atoms with Crippen LogP contribution in [0.15, 0.2) is 42.5 Å². The van der Waals surface area contributed by atoms with E-state index in [9.17, 15) is 9.59 Å². The van der Waals surface area contributed by atoms with Gasteiger partial charge in [-0.1, -0.05) is 36.4 Å². The van der Waals surface area contributed by atoms with Gasteiger partial charge in [-0.2, -0.15) is 0 Å². The molecule has 0 radical (unpaired) electrons. The highest BCUT2D eigenvalue weighted by Gasteiger charge is 2.43. The summed E-state index contributed by atoms with van der Waals surface area (Å²) in [5.74, 6) is 0.684. The van der Waals surface area contributed by atoms with Crippen LogP contribution in [0.25, 0.3) is 0 Å². The maximum absolute atomic E-state index is 11.9. The molecule has 3 rings (SSSR count). The lowest BCUT2D eigenvalue weighted by Gasteiger charge is -2.10. The Morgan fingerprint density at radius 3 is 2.86 bits per heavy atom. The molecule has 0 bridgehead atoms. The number of carbonyl (C=O) groups excluding carboxylic acids is 2. The summed E-state index contributed by atoms with van der Waals surface area (Å²) in [6, 6.07) is 10.0. The number of benzene rings is 1. The molecule has 3 heteroatoms. The Morgan fingerprint density at radius 2 is 2.05 bits per heavy atom. The van der Waals surface area contributed by atoms with Gasteiger partial charge >= 0.3 is 5.97 Å². The fourth-order valence-corrected chi connectivity index (χ4v) is 3.36. The highest BCUT2D eigenvalue weighted by molar-refractivity contribution is 5.89. The zero-order chi connectivity index (χ0) is 14.7. The monoisotopic (exact) mass is 284 g/mol. The van der Waals surface area contributed by atoms with Crippen molar-refractivity contribution in [1.29, 1.82) is 0 Å². The largest absolute Gasteiger partial charge is 0.462 e. The zero-order valence-electron chi connectivity index (χ0n) is 12.0. The first-order valence-corrected chi connectivity index (χ1v) is 7.67. The third-order valence-electron chi connectivity index (χ3n) is 4.53. The van der Waals surface area contributed by atoms with Gasteiger partial charge < -0.3 is 4.74 Å². The third kappa shape index (κ3) is 3.41. The van der Waals surface area contributed by atoms with Crippen molar-refractivity contribution in [3.05, 3.63) is 48.0 Å². The smallest absolute Gasteiger partial charge is 0.306 e. The average Bonchev–Trinajstić information content (AvgIpc) is 3.03. The number of carbonyl (C=O) groups is 2. The lowest BCUT2D eigenvalue weighted by Crippen LogP contribution is -2.12. The van der Waals surface area contributed by atoms with Crippen LogP contribution in [0.3, 0.4) is 0 Å². The van der Waals surface area contributed by atoms with Gasteiger partial charge in [0.2, 0.25) is 0 Å². The molecule has 0 N–H and O–H groups in total. The maximum Gasteiger partial charge on any atom is 0.306 e. The van der Waals surface area contributed by atoms with E-state index in [-0.39, 0.29) is 23.8 Å². The number of hydrogen-bond donors (Lipinski definition) is 0. The molecular formula is C18H20O3. The summed E-state index contributed by atoms with van der Waals surface area (Å²) in [6.07, 6.45) is 7.58. The molecular weight excluding hydrogens is 264 g/mol. The Hall–Kier alpha value is -1.90. The van der Waals surface area contributed by atoms with Crippen LogP contribution in [0.1, 0.15) is 31.2 Å². The quantitative estimate of drug-likeness (QED) is 0.616. The number of ether oxygens (including phenoxy) is 1. The summed E-state index contributed by atoms with van der Waals surface area (Å²) in [5, 5.41) is 0. The van der Waals surface area contributed by atoms with E-state index in [1.165, 1.54) is 5.56 Å². The minimum absolute atomic E-state index is 0.0847. The molecule has 0 spiro atoms. The Labute approximate surface area is 125 Å². The van der Waals surface area contributed by atoms with E-state index in [0.717, 1.165) is 19.3 Å². The molecule has 1 saturated heterocycles. The number of esters is 1. The minimum atomic E-state index is -0.0847. The molecule has 3 atom stereocenters. The van der Waals surface area contributed by atoms with Gasteiger partial charge in [-0.25, -0.2) is 0 Å². The maximum atomic E-state index is 11.9. The van der Waals surface area contributed by atoms with Gasteiger partial charge in [-0.15, -0.1) is 0 Å². The van der Waals surface area contributed by atoms with Crippen LogP contribution in [-0.2, 0) is 20.7 Å². The van der Waals surface area contributed by atoms with Crippen LogP contribution in [0.5, 0.6) is 0 Å². The van der Waals surface area contributed by atoms with E-state index in [4.69, 9.17) is 4.74 Å². The molecule has 1 heterocycles. The predicted octanol–water partition coefficient (Wildman–Crippen LogP) is 3.09. The molecule has 21 heavy (non-hydrogen) atoms. The standard InChI is InChI=1S/C18H20O3/c19-15(9-6-13-4-2-1-3-5-13)10-7-14-8-11-17-16(14)12-18(20)21-17/h1-5,7,10,14,16-17H,6,8-9,11-12H2/b10-7+/t14?,16-,17+/m1/s1. The molecule has 0 amide bonds. The Balaban J connectivity index is 1.49. The molecule has 1 aromatic carbocycles. The number of rotatable bonds is 5. The number of ketones is 1. The van der Waals surface area contributed by atoms with E-state index < -0.39 is 0 Å². The van der Waals surface area contributed by atoms with Crippen LogP contribution in [0, 0.1) is 11.8 Å². The zero-order valence-corrected chi connectivity index (χ0v) is 12.0. The molecule has 1 saturated carbocycles. The van der Waals surface area contributed by atoms with E-state index in [1.807, 2.05) is 36.4 Å². The molecule has 0 aromatic heterocycles. The Morgan fingerprint density at radius 1 is 1.24 bits per heavy atom. The van der Waals surface area contributed by atoms with Crippen molar-refractivity contribution in [2.45, 2.75) is 38.2 Å². The van der Waals surface area contributed by atoms with Crippen molar-refractivity contribution in [2.24, 2.45) is 11.8 Å². The first-order chi connectivity index (χ1) is 10.2. The predicted molar refractivity (Wildman–Crippen MR) is 79.6 cm³/mol. The number of fused-ring (bicyclic) bond motifs is 1. The summed E-state index contributed by atoms with van der Waals surface area (Å²) in [5.41, 5.74) is 1.19. The average molecular weight is 284 g/mol. The summed E-state index contributed by atoms with van der Waals surface area (Å²) in [4.78, 5) is 23.2. The molecule has 3 nitrogen and oxygen atoms in total. The second-order valence-electron chi connectivity index (χ2n) is 5.95. The van der Waals surface area contributed by atoms with Crippen molar-refractivity contribution in [3.8, 4) is 0 Å². The van der Waals surface area contributed by atoms with Crippen LogP contribution in [-0.4, -0.2) is 17.9 Å². The SMILES string of the molecule is O=C(/C=C/C1CC[C@@H]2OC(=O)C[C@H]12)CCc1ccccc1. The van der Waals surface area contributed by atoms with Gasteiger partial charge in [-0.05, 0) is 36.8 Å². The molecule has 110 valence electrons. The Bertz CT molecular complexity index is 547. The lowest BCUT2D eigenvalue weighted by molar-refractivity contribution is -0.141. The molecule has 1 unspecified atom stereocenters.